The monoisotopic (exact) mass is 675 g/mol. The Kier molecular flexibility index (Phi) is 9.88. The molecule has 4 atom stereocenters. The number of aromatic hydroxyl groups is 1. The molecule has 1 aliphatic heterocycles. The number of hydrogen-bond acceptors (Lipinski definition) is 8. The van der Waals surface area contributed by atoms with E-state index in [0.717, 1.165) is 29.4 Å². The van der Waals surface area contributed by atoms with Crippen molar-refractivity contribution in [3.8, 4) is 11.5 Å². The Hall–Kier alpha value is -3.22. The molecule has 0 radical (unpaired) electrons. The van der Waals surface area contributed by atoms with Crippen LogP contribution in [0.3, 0.4) is 0 Å². The summed E-state index contributed by atoms with van der Waals surface area (Å²) in [6.45, 7) is 1.46. The van der Waals surface area contributed by atoms with E-state index in [1.807, 2.05) is 72.0 Å². The molecule has 2 aromatic carbocycles. The van der Waals surface area contributed by atoms with Crippen molar-refractivity contribution in [1.29, 1.82) is 0 Å². The van der Waals surface area contributed by atoms with E-state index in [4.69, 9.17) is 4.74 Å². The fraction of sp³-hybridized carbons (Fsp3) is 0.387. The molecule has 3 N–H and O–H groups in total. The minimum atomic E-state index is -1.04. The van der Waals surface area contributed by atoms with E-state index in [1.54, 1.807) is 6.07 Å². The molecule has 1 saturated heterocycles. The fourth-order valence-electron chi connectivity index (χ4n) is 6.00. The third-order valence-corrected chi connectivity index (χ3v) is 8.79. The molecule has 4 rings (SSSR count). The van der Waals surface area contributed by atoms with Crippen LogP contribution >= 0.6 is 22.6 Å². The van der Waals surface area contributed by atoms with Gasteiger partial charge < -0.3 is 24.8 Å². The van der Waals surface area contributed by atoms with Gasteiger partial charge in [0.15, 0.2) is 11.5 Å². The first-order chi connectivity index (χ1) is 19.7. The molecule has 10 heteroatoms. The predicted molar refractivity (Wildman–Crippen MR) is 161 cm³/mol. The summed E-state index contributed by atoms with van der Waals surface area (Å²) in [5.41, 5.74) is 4.09. The highest BCUT2D eigenvalue weighted by molar-refractivity contribution is 14.1. The van der Waals surface area contributed by atoms with Crippen LogP contribution in [0.1, 0.15) is 43.7 Å². The molecule has 2 aliphatic rings. The average molecular weight is 676 g/mol. The number of benzene rings is 2. The van der Waals surface area contributed by atoms with Gasteiger partial charge in [-0.15, -0.1) is 0 Å². The van der Waals surface area contributed by atoms with Gasteiger partial charge in [-0.1, -0.05) is 48.9 Å². The molecule has 0 saturated carbocycles. The van der Waals surface area contributed by atoms with Crippen molar-refractivity contribution >= 4 is 52.1 Å². The number of amides is 3. The number of carbonyl (C=O) groups excluding carboxylic acids is 3. The number of allylic oxidation sites excluding steroid dienone is 2. The number of nitrogens with zero attached hydrogens (tertiary/aromatic N) is 1. The van der Waals surface area contributed by atoms with Gasteiger partial charge in [-0.05, 0) is 82.7 Å². The topological polar surface area (TPSA) is 134 Å². The minimum Gasteiger partial charge on any atom is -0.504 e. The maximum absolute atomic E-state index is 13.2. The van der Waals surface area contributed by atoms with Crippen LogP contribution < -0.4 is 4.74 Å². The Morgan fingerprint density at radius 3 is 2.49 bits per heavy atom. The van der Waals surface area contributed by atoms with E-state index >= 15 is 0 Å². The lowest BCUT2D eigenvalue weighted by Gasteiger charge is -2.36. The van der Waals surface area contributed by atoms with Gasteiger partial charge in [-0.3, -0.25) is 9.59 Å². The second kappa shape index (κ2) is 13.2. The van der Waals surface area contributed by atoms with Gasteiger partial charge >= 0.3 is 6.09 Å². The number of hydrogen-bond donors (Lipinski definition) is 3. The summed E-state index contributed by atoms with van der Waals surface area (Å²) in [7, 11) is 2.60. The summed E-state index contributed by atoms with van der Waals surface area (Å²) in [4.78, 5) is 38.9. The largest absolute Gasteiger partial charge is 0.504 e. The first kappa shape index (κ1) is 30.7. The van der Waals surface area contributed by atoms with E-state index in [2.05, 4.69) is 4.74 Å². The third-order valence-electron chi connectivity index (χ3n) is 7.97. The first-order valence-corrected chi connectivity index (χ1v) is 14.5. The SMILES string of the molecule is CCC1=C([C@H](O)CC/C(=C/c2cc(I)c(O)c(OC)c2)c2ccccc2)[C@H](CO)[C@@H]2C(=O)N(C(=O)OC)C(=O)[C@@H]2C1. The molecule has 9 nitrogen and oxygen atoms in total. The number of aliphatic hydroxyl groups is 2. The number of phenols is 1. The van der Waals surface area contributed by atoms with Crippen LogP contribution in [0, 0.1) is 21.3 Å². The van der Waals surface area contributed by atoms with Crippen LogP contribution in [0.2, 0.25) is 0 Å². The number of ether oxygens (including phenoxy) is 2. The quantitative estimate of drug-likeness (QED) is 0.150. The van der Waals surface area contributed by atoms with Crippen LogP contribution in [-0.4, -0.2) is 65.1 Å². The molecule has 1 fully saturated rings. The van der Waals surface area contributed by atoms with Gasteiger partial charge in [0.05, 0.1) is 42.3 Å². The van der Waals surface area contributed by atoms with E-state index in [9.17, 15) is 29.7 Å². The zero-order chi connectivity index (χ0) is 29.8. The molecule has 0 bridgehead atoms. The molecule has 2 aromatic rings. The lowest BCUT2D eigenvalue weighted by Crippen LogP contribution is -2.40. The van der Waals surface area contributed by atoms with Crippen molar-refractivity contribution in [2.24, 2.45) is 17.8 Å². The highest BCUT2D eigenvalue weighted by Gasteiger charge is 2.57. The molecule has 218 valence electrons. The van der Waals surface area contributed by atoms with Crippen molar-refractivity contribution in [3.05, 3.63) is 68.3 Å². The summed E-state index contributed by atoms with van der Waals surface area (Å²) in [5.74, 6) is -3.43. The standard InChI is InChI=1S/C31H34INO8/c1-4-18-15-21-27(30(38)33(29(21)37)31(39)41-3)22(16-34)26(18)24(35)11-10-20(19-8-6-5-7-9-19)12-17-13-23(32)28(36)25(14-17)40-2/h5-9,12-14,21-22,24,27,34-36H,4,10-11,15-16H2,1-3H3/b20-12-/t21-,22+,24-,27-/m1/s1. The van der Waals surface area contributed by atoms with E-state index in [-0.39, 0.29) is 12.2 Å². The number of carbonyl (C=O) groups is 3. The van der Waals surface area contributed by atoms with Gasteiger partial charge in [0.2, 0.25) is 11.8 Å². The molecule has 1 heterocycles. The van der Waals surface area contributed by atoms with Crippen molar-refractivity contribution in [1.82, 2.24) is 4.90 Å². The number of likely N-dealkylation sites (tertiary alicyclic amines) is 1. The van der Waals surface area contributed by atoms with Crippen molar-refractivity contribution in [3.63, 3.8) is 0 Å². The molecule has 3 amide bonds. The summed E-state index contributed by atoms with van der Waals surface area (Å²) >= 11 is 2.04. The molecular formula is C31H34INO8. The van der Waals surface area contributed by atoms with Gasteiger partial charge in [0, 0.05) is 5.92 Å². The number of methoxy groups -OCH3 is 2. The Morgan fingerprint density at radius 2 is 1.88 bits per heavy atom. The summed E-state index contributed by atoms with van der Waals surface area (Å²) in [6.07, 6.45) is 1.47. The van der Waals surface area contributed by atoms with Crippen molar-refractivity contribution in [2.45, 2.75) is 38.7 Å². The van der Waals surface area contributed by atoms with Gasteiger partial charge in [-0.2, -0.15) is 4.90 Å². The highest BCUT2D eigenvalue weighted by atomic mass is 127. The predicted octanol–water partition coefficient (Wildman–Crippen LogP) is 4.77. The van der Waals surface area contributed by atoms with Crippen LogP contribution in [-0.2, 0) is 14.3 Å². The number of halogens is 1. The molecular weight excluding hydrogens is 641 g/mol. The fourth-order valence-corrected chi connectivity index (χ4v) is 6.63. The van der Waals surface area contributed by atoms with E-state index in [1.165, 1.54) is 7.11 Å². The summed E-state index contributed by atoms with van der Waals surface area (Å²) in [6, 6.07) is 13.3. The van der Waals surface area contributed by atoms with Gasteiger partial charge in [0.1, 0.15) is 0 Å². The second-order valence-corrected chi connectivity index (χ2v) is 11.3. The minimum absolute atomic E-state index is 0.0670. The first-order valence-electron chi connectivity index (χ1n) is 13.5. The smallest absolute Gasteiger partial charge is 0.423 e. The third kappa shape index (κ3) is 6.05. The van der Waals surface area contributed by atoms with Gasteiger partial charge in [0.25, 0.3) is 0 Å². The lowest BCUT2D eigenvalue weighted by molar-refractivity contribution is -0.137. The summed E-state index contributed by atoms with van der Waals surface area (Å²) < 4.78 is 10.6. The number of rotatable bonds is 9. The van der Waals surface area contributed by atoms with Crippen molar-refractivity contribution < 1.29 is 39.2 Å². The normalized spacial score (nSPS) is 21.7. The zero-order valence-corrected chi connectivity index (χ0v) is 25.3. The highest BCUT2D eigenvalue weighted by Crippen LogP contribution is 2.47. The Bertz CT molecular complexity index is 1390. The van der Waals surface area contributed by atoms with E-state index in [0.29, 0.717) is 39.1 Å². The molecule has 41 heavy (non-hydrogen) atoms. The maximum Gasteiger partial charge on any atom is 0.423 e. The van der Waals surface area contributed by atoms with Crippen LogP contribution in [0.15, 0.2) is 53.6 Å². The van der Waals surface area contributed by atoms with Gasteiger partial charge in [-0.25, -0.2) is 4.79 Å². The number of phenolic OH excluding ortho intramolecular Hbond substituents is 1. The number of fused-ring (bicyclic) bond motifs is 1. The van der Waals surface area contributed by atoms with Crippen molar-refractivity contribution in [2.75, 3.05) is 20.8 Å². The Labute approximate surface area is 252 Å². The second-order valence-electron chi connectivity index (χ2n) is 10.2. The number of imide groups is 3. The van der Waals surface area contributed by atoms with Crippen LogP contribution in [0.25, 0.3) is 11.6 Å². The molecule has 1 aliphatic carbocycles. The zero-order valence-electron chi connectivity index (χ0n) is 23.2. The summed E-state index contributed by atoms with van der Waals surface area (Å²) in [5, 5.41) is 32.2. The number of aliphatic hydroxyl groups excluding tert-OH is 2. The van der Waals surface area contributed by atoms with E-state index < -0.39 is 48.4 Å². The Balaban J connectivity index is 1.65. The lowest BCUT2D eigenvalue weighted by atomic mass is 9.67. The molecule has 0 unspecified atom stereocenters. The molecule has 0 spiro atoms. The molecule has 0 aromatic heterocycles. The van der Waals surface area contributed by atoms with Crippen LogP contribution in [0.5, 0.6) is 11.5 Å². The average Bonchev–Trinajstić information content (AvgIpc) is 3.24. The van der Waals surface area contributed by atoms with Crippen LogP contribution in [0.4, 0.5) is 4.79 Å². The maximum atomic E-state index is 13.2. The Morgan fingerprint density at radius 1 is 1.17 bits per heavy atom.